The first kappa shape index (κ1) is 13.6. The number of anilines is 1. The van der Waals surface area contributed by atoms with Crippen LogP contribution in [0.4, 0.5) is 5.69 Å². The number of nitrogens with one attached hydrogen (secondary N) is 1. The van der Waals surface area contributed by atoms with Gasteiger partial charge in [0.2, 0.25) is 0 Å². The smallest absolute Gasteiger partial charge is 0.253 e. The highest BCUT2D eigenvalue weighted by Gasteiger charge is 2.12. The first-order chi connectivity index (χ1) is 8.10. The number of rotatable bonds is 5. The Bertz CT molecular complexity index is 384. The molecule has 0 saturated carbocycles. The Balaban J connectivity index is 2.67. The predicted molar refractivity (Wildman–Crippen MR) is 72.0 cm³/mol. The van der Waals surface area contributed by atoms with Crippen molar-refractivity contribution in [2.45, 2.75) is 33.6 Å². The van der Waals surface area contributed by atoms with Crippen LogP contribution in [0.15, 0.2) is 18.2 Å². The van der Waals surface area contributed by atoms with Crippen molar-refractivity contribution < 1.29 is 4.79 Å². The number of amides is 1. The van der Waals surface area contributed by atoms with Gasteiger partial charge in [0.05, 0.1) is 5.56 Å². The van der Waals surface area contributed by atoms with Crippen LogP contribution in [0.1, 0.15) is 42.6 Å². The van der Waals surface area contributed by atoms with Gasteiger partial charge in [-0.3, -0.25) is 4.79 Å². The van der Waals surface area contributed by atoms with Crippen LogP contribution in [-0.4, -0.2) is 12.5 Å². The topological polar surface area (TPSA) is 55.1 Å². The molecule has 0 aliphatic carbocycles. The molecular formula is C14H22N2O. The summed E-state index contributed by atoms with van der Waals surface area (Å²) >= 11 is 0. The Labute approximate surface area is 103 Å². The molecule has 0 fully saturated rings. The number of hydrogen-bond donors (Lipinski definition) is 2. The summed E-state index contributed by atoms with van der Waals surface area (Å²) < 4.78 is 0. The summed E-state index contributed by atoms with van der Waals surface area (Å²) in [5, 5.41) is 2.95. The molecule has 1 amide bonds. The fraction of sp³-hybridized carbons (Fsp3) is 0.500. The van der Waals surface area contributed by atoms with Crippen molar-refractivity contribution in [1.29, 1.82) is 0 Å². The molecule has 0 atom stereocenters. The normalized spacial score (nSPS) is 10.6. The van der Waals surface area contributed by atoms with Crippen LogP contribution in [0.5, 0.6) is 0 Å². The van der Waals surface area contributed by atoms with E-state index in [0.29, 0.717) is 17.2 Å². The molecule has 3 N–H and O–H groups in total. The van der Waals surface area contributed by atoms with Crippen molar-refractivity contribution in [3.05, 3.63) is 29.3 Å². The van der Waals surface area contributed by atoms with E-state index in [1.54, 1.807) is 6.07 Å². The van der Waals surface area contributed by atoms with Crippen molar-refractivity contribution in [3.63, 3.8) is 0 Å². The van der Waals surface area contributed by atoms with Crippen molar-refractivity contribution in [1.82, 2.24) is 5.32 Å². The van der Waals surface area contributed by atoms with Crippen LogP contribution < -0.4 is 11.1 Å². The van der Waals surface area contributed by atoms with Gasteiger partial charge < -0.3 is 11.1 Å². The third kappa shape index (κ3) is 3.48. The quantitative estimate of drug-likeness (QED) is 0.770. The zero-order chi connectivity index (χ0) is 12.8. The largest absolute Gasteiger partial charge is 0.398 e. The minimum atomic E-state index is -0.0712. The van der Waals surface area contributed by atoms with Crippen molar-refractivity contribution in [2.75, 3.05) is 12.3 Å². The number of para-hydroxylation sites is 1. The first-order valence-electron chi connectivity index (χ1n) is 6.23. The standard InChI is InChI=1S/C14H22N2O/c1-4-11(5-2)9-16-14(17)12-8-6-7-10(3)13(12)15/h6-8,11H,4-5,9,15H2,1-3H3,(H,16,17). The van der Waals surface area contributed by atoms with Gasteiger partial charge in [-0.05, 0) is 24.5 Å². The second-order valence-corrected chi connectivity index (χ2v) is 4.43. The van der Waals surface area contributed by atoms with Gasteiger partial charge in [-0.25, -0.2) is 0 Å². The van der Waals surface area contributed by atoms with E-state index in [1.807, 2.05) is 19.1 Å². The molecule has 0 aliphatic rings. The Morgan fingerprint density at radius 1 is 1.35 bits per heavy atom. The second kappa shape index (κ2) is 6.28. The zero-order valence-corrected chi connectivity index (χ0v) is 10.9. The highest BCUT2D eigenvalue weighted by Crippen LogP contribution is 2.16. The lowest BCUT2D eigenvalue weighted by molar-refractivity contribution is 0.0947. The van der Waals surface area contributed by atoms with Gasteiger partial charge in [-0.15, -0.1) is 0 Å². The molecule has 0 spiro atoms. The average molecular weight is 234 g/mol. The average Bonchev–Trinajstić information content (AvgIpc) is 2.33. The van der Waals surface area contributed by atoms with E-state index >= 15 is 0 Å². The molecule has 94 valence electrons. The predicted octanol–water partition coefficient (Wildman–Crippen LogP) is 2.74. The zero-order valence-electron chi connectivity index (χ0n) is 10.9. The Morgan fingerprint density at radius 3 is 2.59 bits per heavy atom. The van der Waals surface area contributed by atoms with Gasteiger partial charge in [0.15, 0.2) is 0 Å². The number of nitrogens with two attached hydrogens (primary N) is 1. The maximum atomic E-state index is 12.0. The molecule has 0 bridgehead atoms. The maximum absolute atomic E-state index is 12.0. The summed E-state index contributed by atoms with van der Waals surface area (Å²) in [7, 11) is 0. The van der Waals surface area contributed by atoms with Gasteiger partial charge in [-0.1, -0.05) is 38.8 Å². The van der Waals surface area contributed by atoms with E-state index in [-0.39, 0.29) is 5.91 Å². The summed E-state index contributed by atoms with van der Waals surface area (Å²) in [6, 6.07) is 5.54. The van der Waals surface area contributed by atoms with Gasteiger partial charge in [0.25, 0.3) is 5.91 Å². The third-order valence-electron chi connectivity index (χ3n) is 3.27. The summed E-state index contributed by atoms with van der Waals surface area (Å²) in [4.78, 5) is 12.0. The monoisotopic (exact) mass is 234 g/mol. The molecule has 1 rings (SSSR count). The molecule has 1 aromatic rings. The van der Waals surface area contributed by atoms with Crippen LogP contribution in [0.3, 0.4) is 0 Å². The van der Waals surface area contributed by atoms with Gasteiger partial charge in [-0.2, -0.15) is 0 Å². The first-order valence-corrected chi connectivity index (χ1v) is 6.23. The van der Waals surface area contributed by atoms with Crippen LogP contribution in [0, 0.1) is 12.8 Å². The molecule has 0 unspecified atom stereocenters. The van der Waals surface area contributed by atoms with Crippen molar-refractivity contribution in [3.8, 4) is 0 Å². The van der Waals surface area contributed by atoms with E-state index in [9.17, 15) is 4.79 Å². The fourth-order valence-corrected chi connectivity index (χ4v) is 1.79. The number of carbonyl (C=O) groups excluding carboxylic acids is 1. The summed E-state index contributed by atoms with van der Waals surface area (Å²) in [6.45, 7) is 6.91. The van der Waals surface area contributed by atoms with Crippen LogP contribution in [-0.2, 0) is 0 Å². The highest BCUT2D eigenvalue weighted by molar-refractivity contribution is 5.99. The number of nitrogen functional groups attached to an aromatic ring is 1. The molecule has 3 heteroatoms. The Morgan fingerprint density at radius 2 is 2.00 bits per heavy atom. The lowest BCUT2D eigenvalue weighted by Crippen LogP contribution is -2.29. The lowest BCUT2D eigenvalue weighted by Gasteiger charge is -2.14. The minimum absolute atomic E-state index is 0.0712. The minimum Gasteiger partial charge on any atom is -0.398 e. The van der Waals surface area contributed by atoms with Gasteiger partial charge in [0, 0.05) is 12.2 Å². The number of hydrogen-bond acceptors (Lipinski definition) is 2. The maximum Gasteiger partial charge on any atom is 0.253 e. The molecule has 0 aromatic heterocycles. The van der Waals surface area contributed by atoms with E-state index in [2.05, 4.69) is 19.2 Å². The van der Waals surface area contributed by atoms with E-state index in [0.717, 1.165) is 24.9 Å². The van der Waals surface area contributed by atoms with Crippen LogP contribution >= 0.6 is 0 Å². The summed E-state index contributed by atoms with van der Waals surface area (Å²) in [6.07, 6.45) is 2.17. The molecule has 0 heterocycles. The van der Waals surface area contributed by atoms with Crippen LogP contribution in [0.2, 0.25) is 0 Å². The molecule has 3 nitrogen and oxygen atoms in total. The third-order valence-corrected chi connectivity index (χ3v) is 3.27. The second-order valence-electron chi connectivity index (χ2n) is 4.43. The number of benzene rings is 1. The molecular weight excluding hydrogens is 212 g/mol. The molecule has 17 heavy (non-hydrogen) atoms. The summed E-state index contributed by atoms with van der Waals surface area (Å²) in [5.41, 5.74) is 8.00. The highest BCUT2D eigenvalue weighted by atomic mass is 16.1. The van der Waals surface area contributed by atoms with Crippen molar-refractivity contribution >= 4 is 11.6 Å². The molecule has 1 aromatic carbocycles. The number of aryl methyl sites for hydroxylation is 1. The van der Waals surface area contributed by atoms with E-state index < -0.39 is 0 Å². The number of carbonyl (C=O) groups is 1. The van der Waals surface area contributed by atoms with Gasteiger partial charge >= 0.3 is 0 Å². The Hall–Kier alpha value is -1.51. The van der Waals surface area contributed by atoms with E-state index in [1.165, 1.54) is 0 Å². The van der Waals surface area contributed by atoms with Crippen LogP contribution in [0.25, 0.3) is 0 Å². The molecule has 0 aliphatic heterocycles. The fourth-order valence-electron chi connectivity index (χ4n) is 1.79. The Kier molecular flexibility index (Phi) is 5.01. The molecule has 0 radical (unpaired) electrons. The van der Waals surface area contributed by atoms with Crippen molar-refractivity contribution in [2.24, 2.45) is 5.92 Å². The SMILES string of the molecule is CCC(CC)CNC(=O)c1cccc(C)c1N. The van der Waals surface area contributed by atoms with E-state index in [4.69, 9.17) is 5.73 Å². The van der Waals surface area contributed by atoms with Gasteiger partial charge in [0.1, 0.15) is 0 Å². The summed E-state index contributed by atoms with van der Waals surface area (Å²) in [5.74, 6) is 0.475. The molecule has 0 saturated heterocycles. The lowest BCUT2D eigenvalue weighted by atomic mass is 10.0.